The average Bonchev–Trinajstić information content (AvgIpc) is 3.81. The van der Waals surface area contributed by atoms with E-state index < -0.39 is 0 Å². The maximum atomic E-state index is 5.42. The van der Waals surface area contributed by atoms with Crippen molar-refractivity contribution in [2.75, 3.05) is 91.6 Å². The molecule has 4 atom stereocenters. The zero-order chi connectivity index (χ0) is 26.1. The number of rotatable bonds is 26. The van der Waals surface area contributed by atoms with Gasteiger partial charge in [0.05, 0.1) is 0 Å². The van der Waals surface area contributed by atoms with Crippen molar-refractivity contribution >= 4 is 0 Å². The van der Waals surface area contributed by atoms with Gasteiger partial charge in [-0.3, -0.25) is 0 Å². The van der Waals surface area contributed by atoms with Crippen molar-refractivity contribution < 1.29 is 0 Å². The summed E-state index contributed by atoms with van der Waals surface area (Å²) in [7, 11) is 0. The lowest BCUT2D eigenvalue weighted by atomic mass is 10.2. The lowest BCUT2D eigenvalue weighted by Crippen LogP contribution is -2.24. The molecule has 0 aromatic carbocycles. The van der Waals surface area contributed by atoms with Crippen LogP contribution in [0.5, 0.6) is 0 Å². The standard InChI is InChI=1S/C17H38N4.C11H26N4/c1-3-18-9-5-7-11-20-14-16-13-17(16)15-21-12-8-6-10-19-4-2;12-3-1-5-14-8-10-7-11(10)9-15-6-2-4-13/h16-21H,3-15H2,1-2H3;10-11,14-15H,1-9,12-13H2. The van der Waals surface area contributed by atoms with Crippen LogP contribution in [0.15, 0.2) is 0 Å². The van der Waals surface area contributed by atoms with Crippen molar-refractivity contribution in [3.8, 4) is 0 Å². The van der Waals surface area contributed by atoms with E-state index in [2.05, 4.69) is 45.7 Å². The number of unbranched alkanes of at least 4 members (excludes halogenated alkanes) is 2. The molecule has 0 saturated heterocycles. The van der Waals surface area contributed by atoms with E-state index in [1.165, 1.54) is 90.9 Å². The van der Waals surface area contributed by atoms with Crippen molar-refractivity contribution in [2.24, 2.45) is 35.1 Å². The van der Waals surface area contributed by atoms with Crippen LogP contribution in [0, 0.1) is 23.7 Å². The van der Waals surface area contributed by atoms with Gasteiger partial charge in [-0.1, -0.05) is 13.8 Å². The summed E-state index contributed by atoms with van der Waals surface area (Å²) in [5.41, 5.74) is 10.8. The van der Waals surface area contributed by atoms with Crippen LogP contribution in [0.25, 0.3) is 0 Å². The highest BCUT2D eigenvalue weighted by molar-refractivity contribution is 4.89. The number of nitrogens with two attached hydrogens (primary N) is 2. The van der Waals surface area contributed by atoms with Crippen LogP contribution in [0.4, 0.5) is 0 Å². The summed E-state index contributed by atoms with van der Waals surface area (Å²) in [6.07, 6.45) is 10.2. The van der Waals surface area contributed by atoms with Crippen LogP contribution in [0.2, 0.25) is 0 Å². The molecule has 10 N–H and O–H groups in total. The molecule has 2 rings (SSSR count). The fraction of sp³-hybridized carbons (Fsp3) is 1.00. The summed E-state index contributed by atoms with van der Waals surface area (Å²) < 4.78 is 0. The minimum atomic E-state index is 0.793. The van der Waals surface area contributed by atoms with E-state index in [-0.39, 0.29) is 0 Å². The van der Waals surface area contributed by atoms with E-state index in [0.717, 1.165) is 75.8 Å². The van der Waals surface area contributed by atoms with Crippen molar-refractivity contribution in [1.29, 1.82) is 0 Å². The summed E-state index contributed by atoms with van der Waals surface area (Å²) in [6, 6.07) is 0. The van der Waals surface area contributed by atoms with Crippen LogP contribution in [-0.4, -0.2) is 91.6 Å². The molecule has 2 saturated carbocycles. The Morgan fingerprint density at radius 1 is 0.444 bits per heavy atom. The van der Waals surface area contributed by atoms with Gasteiger partial charge in [0, 0.05) is 0 Å². The van der Waals surface area contributed by atoms with E-state index in [9.17, 15) is 0 Å². The van der Waals surface area contributed by atoms with Gasteiger partial charge in [0.1, 0.15) is 0 Å². The maximum Gasteiger partial charge on any atom is -0.00173 e. The highest BCUT2D eigenvalue weighted by atomic mass is 14.9. The van der Waals surface area contributed by atoms with Gasteiger partial charge in [-0.05, 0) is 167 Å². The minimum absolute atomic E-state index is 0.793. The van der Waals surface area contributed by atoms with Crippen LogP contribution in [-0.2, 0) is 0 Å². The molecule has 0 spiro atoms. The van der Waals surface area contributed by atoms with E-state index in [1.54, 1.807) is 0 Å². The molecule has 0 bridgehead atoms. The Hall–Kier alpha value is -0.320. The molecule has 0 radical (unpaired) electrons. The predicted molar refractivity (Wildman–Crippen MR) is 158 cm³/mol. The first kappa shape index (κ1) is 33.7. The van der Waals surface area contributed by atoms with Crippen LogP contribution in [0.3, 0.4) is 0 Å². The lowest BCUT2D eigenvalue weighted by Gasteiger charge is -2.06. The molecule has 36 heavy (non-hydrogen) atoms. The highest BCUT2D eigenvalue weighted by Crippen LogP contribution is 2.37. The molecule has 216 valence electrons. The molecule has 0 amide bonds. The van der Waals surface area contributed by atoms with Crippen LogP contribution >= 0.6 is 0 Å². The Morgan fingerprint density at radius 2 is 0.722 bits per heavy atom. The first-order chi connectivity index (χ1) is 17.8. The Kier molecular flexibility index (Phi) is 23.4. The van der Waals surface area contributed by atoms with Gasteiger partial charge in [-0.15, -0.1) is 0 Å². The first-order valence-electron chi connectivity index (χ1n) is 15.4. The second-order valence-corrected chi connectivity index (χ2v) is 10.7. The Bertz CT molecular complexity index is 415. The summed E-state index contributed by atoms with van der Waals surface area (Å²) in [4.78, 5) is 0. The minimum Gasteiger partial charge on any atom is -0.330 e. The highest BCUT2D eigenvalue weighted by Gasteiger charge is 2.36. The van der Waals surface area contributed by atoms with Gasteiger partial charge in [-0.25, -0.2) is 0 Å². The number of hydrogen-bond donors (Lipinski definition) is 8. The molecular weight excluding hydrogens is 448 g/mol. The summed E-state index contributed by atoms with van der Waals surface area (Å²) in [6.45, 7) is 19.8. The summed E-state index contributed by atoms with van der Waals surface area (Å²) >= 11 is 0. The quantitative estimate of drug-likeness (QED) is 0.0810. The summed E-state index contributed by atoms with van der Waals surface area (Å²) in [5.74, 6) is 3.67. The first-order valence-corrected chi connectivity index (χ1v) is 15.4. The molecule has 0 heterocycles. The zero-order valence-electron chi connectivity index (χ0n) is 24.0. The number of hydrogen-bond acceptors (Lipinski definition) is 8. The van der Waals surface area contributed by atoms with E-state index in [1.807, 2.05) is 0 Å². The van der Waals surface area contributed by atoms with Gasteiger partial charge >= 0.3 is 0 Å². The molecule has 2 aliphatic rings. The number of nitrogens with one attached hydrogen (secondary N) is 6. The Balaban J connectivity index is 0.000000381. The SMILES string of the molecule is CCNCCCCNCC1CC1CNCCCCNCC.NCCCNCC1CC1CNCCCN. The largest absolute Gasteiger partial charge is 0.330 e. The lowest BCUT2D eigenvalue weighted by molar-refractivity contribution is 0.531. The summed E-state index contributed by atoms with van der Waals surface area (Å²) in [5, 5.41) is 20.9. The van der Waals surface area contributed by atoms with Gasteiger partial charge in [0.25, 0.3) is 0 Å². The van der Waals surface area contributed by atoms with Crippen molar-refractivity contribution in [3.05, 3.63) is 0 Å². The normalized spacial score (nSPS) is 22.3. The monoisotopic (exact) mass is 513 g/mol. The molecule has 2 fully saturated rings. The Morgan fingerprint density at radius 3 is 1.00 bits per heavy atom. The second-order valence-electron chi connectivity index (χ2n) is 10.7. The molecule has 8 nitrogen and oxygen atoms in total. The molecule has 0 aromatic rings. The molecule has 2 aliphatic carbocycles. The van der Waals surface area contributed by atoms with E-state index >= 15 is 0 Å². The van der Waals surface area contributed by atoms with Gasteiger partial charge in [0.15, 0.2) is 0 Å². The van der Waals surface area contributed by atoms with Crippen molar-refractivity contribution in [3.63, 3.8) is 0 Å². The zero-order valence-corrected chi connectivity index (χ0v) is 24.0. The van der Waals surface area contributed by atoms with E-state index in [4.69, 9.17) is 11.5 Å². The van der Waals surface area contributed by atoms with Gasteiger partial charge in [-0.2, -0.15) is 0 Å². The third-order valence-corrected chi connectivity index (χ3v) is 7.29. The topological polar surface area (TPSA) is 124 Å². The fourth-order valence-corrected chi connectivity index (χ4v) is 4.58. The van der Waals surface area contributed by atoms with Gasteiger partial charge < -0.3 is 43.4 Å². The van der Waals surface area contributed by atoms with Crippen LogP contribution < -0.4 is 43.4 Å². The van der Waals surface area contributed by atoms with Crippen LogP contribution in [0.1, 0.15) is 65.2 Å². The average molecular weight is 513 g/mol. The molecule has 8 heteroatoms. The van der Waals surface area contributed by atoms with Gasteiger partial charge in [0.2, 0.25) is 0 Å². The smallest absolute Gasteiger partial charge is 0.00173 e. The maximum absolute atomic E-state index is 5.42. The third kappa shape index (κ3) is 20.7. The molecule has 0 aromatic heterocycles. The molecular formula is C28H64N8. The third-order valence-electron chi connectivity index (χ3n) is 7.29. The molecule has 0 aliphatic heterocycles. The van der Waals surface area contributed by atoms with Crippen molar-refractivity contribution in [2.45, 2.75) is 65.2 Å². The predicted octanol–water partition coefficient (Wildman–Crippen LogP) is 1.08. The molecule has 4 unspecified atom stereocenters. The second kappa shape index (κ2) is 25.0. The fourth-order valence-electron chi connectivity index (χ4n) is 4.58. The Labute approximate surface area is 224 Å². The van der Waals surface area contributed by atoms with E-state index in [0.29, 0.717) is 0 Å². The van der Waals surface area contributed by atoms with Crippen molar-refractivity contribution in [1.82, 2.24) is 31.9 Å².